The van der Waals surface area contributed by atoms with Crippen LogP contribution in [0.15, 0.2) is 24.3 Å². The number of rotatable bonds is 4. The topological polar surface area (TPSA) is 38.3 Å². The summed E-state index contributed by atoms with van der Waals surface area (Å²) in [5.41, 5.74) is 1.65. The number of carbonyl (C=O) groups is 1. The van der Waals surface area contributed by atoms with Crippen LogP contribution >= 0.6 is 11.6 Å². The van der Waals surface area contributed by atoms with Crippen LogP contribution < -0.4 is 5.32 Å². The Balaban J connectivity index is 1.86. The Morgan fingerprint density at radius 2 is 2.17 bits per heavy atom. The van der Waals surface area contributed by atoms with Crippen molar-refractivity contribution < 1.29 is 9.53 Å². The Bertz CT molecular complexity index is 403. The van der Waals surface area contributed by atoms with E-state index in [0.29, 0.717) is 17.4 Å². The summed E-state index contributed by atoms with van der Waals surface area (Å²) >= 11 is 5.76. The quantitative estimate of drug-likeness (QED) is 0.852. The third kappa shape index (κ3) is 3.72. The minimum Gasteiger partial charge on any atom is -0.381 e. The summed E-state index contributed by atoms with van der Waals surface area (Å²) in [6.07, 6.45) is 2.06. The number of halogens is 1. The molecule has 1 aromatic carbocycles. The van der Waals surface area contributed by atoms with Crippen molar-refractivity contribution in [3.63, 3.8) is 0 Å². The second kappa shape index (κ2) is 6.76. The summed E-state index contributed by atoms with van der Waals surface area (Å²) < 4.78 is 5.29. The highest BCUT2D eigenvalue weighted by Gasteiger charge is 2.15. The van der Waals surface area contributed by atoms with E-state index < -0.39 is 0 Å². The molecule has 1 fully saturated rings. The third-order valence-electron chi connectivity index (χ3n) is 3.24. The normalized spacial score (nSPS) is 16.5. The SMILES string of the molecule is O=C(NCC1CCOCC1)c1cccc(CCl)c1. The van der Waals surface area contributed by atoms with Gasteiger partial charge in [-0.25, -0.2) is 0 Å². The molecule has 18 heavy (non-hydrogen) atoms. The van der Waals surface area contributed by atoms with Crippen LogP contribution in [0.4, 0.5) is 0 Å². The summed E-state index contributed by atoms with van der Waals surface area (Å²) in [6.45, 7) is 2.35. The maximum absolute atomic E-state index is 12.0. The van der Waals surface area contributed by atoms with Crippen LogP contribution in [0.25, 0.3) is 0 Å². The Labute approximate surface area is 112 Å². The van der Waals surface area contributed by atoms with E-state index in [2.05, 4.69) is 5.32 Å². The summed E-state index contributed by atoms with van der Waals surface area (Å²) in [5.74, 6) is 0.952. The second-order valence-electron chi connectivity index (χ2n) is 4.60. The molecule has 1 aliphatic rings. The predicted octanol–water partition coefficient (Wildman–Crippen LogP) is 2.58. The number of ether oxygens (including phenoxy) is 1. The van der Waals surface area contributed by atoms with Crippen LogP contribution in [0.3, 0.4) is 0 Å². The van der Waals surface area contributed by atoms with Crippen LogP contribution in [0.5, 0.6) is 0 Å². The van der Waals surface area contributed by atoms with E-state index in [9.17, 15) is 4.79 Å². The molecule has 1 N–H and O–H groups in total. The molecule has 0 radical (unpaired) electrons. The Morgan fingerprint density at radius 1 is 1.39 bits per heavy atom. The summed E-state index contributed by atoms with van der Waals surface area (Å²) in [7, 11) is 0. The molecule has 3 nitrogen and oxygen atoms in total. The van der Waals surface area contributed by atoms with Crippen LogP contribution in [-0.4, -0.2) is 25.7 Å². The number of hydrogen-bond acceptors (Lipinski definition) is 2. The fourth-order valence-corrected chi connectivity index (χ4v) is 2.25. The lowest BCUT2D eigenvalue weighted by Gasteiger charge is -2.22. The van der Waals surface area contributed by atoms with Gasteiger partial charge in [0.2, 0.25) is 0 Å². The molecule has 0 spiro atoms. The molecule has 4 heteroatoms. The van der Waals surface area contributed by atoms with Gasteiger partial charge in [0.1, 0.15) is 0 Å². The van der Waals surface area contributed by atoms with Crippen molar-refractivity contribution in [1.29, 1.82) is 0 Å². The largest absolute Gasteiger partial charge is 0.381 e. The lowest BCUT2D eigenvalue weighted by Crippen LogP contribution is -2.32. The van der Waals surface area contributed by atoms with E-state index in [1.165, 1.54) is 0 Å². The van der Waals surface area contributed by atoms with Crippen LogP contribution in [0, 0.1) is 5.92 Å². The van der Waals surface area contributed by atoms with Crippen LogP contribution in [0.1, 0.15) is 28.8 Å². The molecule has 1 amide bonds. The number of carbonyl (C=O) groups excluding carboxylic acids is 1. The van der Waals surface area contributed by atoms with Crippen molar-refractivity contribution in [2.24, 2.45) is 5.92 Å². The van der Waals surface area contributed by atoms with Crippen molar-refractivity contribution >= 4 is 17.5 Å². The van der Waals surface area contributed by atoms with Gasteiger partial charge >= 0.3 is 0 Å². The summed E-state index contributed by atoms with van der Waals surface area (Å²) in [5, 5.41) is 2.98. The minimum atomic E-state index is -0.0199. The van der Waals surface area contributed by atoms with Crippen LogP contribution in [-0.2, 0) is 10.6 Å². The lowest BCUT2D eigenvalue weighted by atomic mass is 10.0. The molecule has 1 aromatic rings. The van der Waals surface area contributed by atoms with Gasteiger partial charge in [-0.2, -0.15) is 0 Å². The molecule has 2 rings (SSSR count). The smallest absolute Gasteiger partial charge is 0.251 e. The van der Waals surface area contributed by atoms with Gasteiger partial charge in [-0.3, -0.25) is 4.79 Å². The van der Waals surface area contributed by atoms with Gasteiger partial charge in [-0.05, 0) is 36.5 Å². The Morgan fingerprint density at radius 3 is 2.89 bits per heavy atom. The maximum Gasteiger partial charge on any atom is 0.251 e. The zero-order chi connectivity index (χ0) is 12.8. The van der Waals surface area contributed by atoms with Crippen molar-refractivity contribution in [3.8, 4) is 0 Å². The number of benzene rings is 1. The highest BCUT2D eigenvalue weighted by atomic mass is 35.5. The molecule has 0 saturated carbocycles. The molecule has 1 heterocycles. The Kier molecular flexibility index (Phi) is 5.02. The fraction of sp³-hybridized carbons (Fsp3) is 0.500. The van der Waals surface area contributed by atoms with Gasteiger partial charge in [0, 0.05) is 31.2 Å². The second-order valence-corrected chi connectivity index (χ2v) is 4.87. The molecule has 0 unspecified atom stereocenters. The number of amides is 1. The molecule has 1 aliphatic heterocycles. The van der Waals surface area contributed by atoms with Crippen molar-refractivity contribution in [2.75, 3.05) is 19.8 Å². The van der Waals surface area contributed by atoms with Crippen molar-refractivity contribution in [1.82, 2.24) is 5.32 Å². The standard InChI is InChI=1S/C14H18ClNO2/c15-9-12-2-1-3-13(8-12)14(17)16-10-11-4-6-18-7-5-11/h1-3,8,11H,4-7,9-10H2,(H,16,17). The molecule has 0 atom stereocenters. The number of hydrogen-bond donors (Lipinski definition) is 1. The maximum atomic E-state index is 12.0. The first kappa shape index (κ1) is 13.4. The number of nitrogens with one attached hydrogen (secondary N) is 1. The van der Waals surface area contributed by atoms with Gasteiger partial charge in [0.05, 0.1) is 0 Å². The van der Waals surface area contributed by atoms with Gasteiger partial charge in [0.25, 0.3) is 5.91 Å². The average Bonchev–Trinajstić information content (AvgIpc) is 2.46. The highest BCUT2D eigenvalue weighted by molar-refractivity contribution is 6.17. The molecule has 0 aromatic heterocycles. The van der Waals surface area contributed by atoms with Crippen LogP contribution in [0.2, 0.25) is 0 Å². The monoisotopic (exact) mass is 267 g/mol. The molecule has 0 bridgehead atoms. The molecule has 0 aliphatic carbocycles. The van der Waals surface area contributed by atoms with E-state index in [4.69, 9.17) is 16.3 Å². The first-order chi connectivity index (χ1) is 8.79. The van der Waals surface area contributed by atoms with Gasteiger partial charge in [-0.1, -0.05) is 12.1 Å². The van der Waals surface area contributed by atoms with Gasteiger partial charge in [-0.15, -0.1) is 11.6 Å². The average molecular weight is 268 g/mol. The fourth-order valence-electron chi connectivity index (χ4n) is 2.09. The highest BCUT2D eigenvalue weighted by Crippen LogP contribution is 2.14. The van der Waals surface area contributed by atoms with Gasteiger partial charge in [0.15, 0.2) is 0 Å². The minimum absolute atomic E-state index is 0.0199. The zero-order valence-corrected chi connectivity index (χ0v) is 11.1. The molecule has 98 valence electrons. The van der Waals surface area contributed by atoms with E-state index in [-0.39, 0.29) is 5.91 Å². The first-order valence-electron chi connectivity index (χ1n) is 6.30. The lowest BCUT2D eigenvalue weighted by molar-refractivity contribution is 0.0642. The third-order valence-corrected chi connectivity index (χ3v) is 3.54. The molecule has 1 saturated heterocycles. The van der Waals surface area contributed by atoms with Gasteiger partial charge < -0.3 is 10.1 Å². The molecular weight excluding hydrogens is 250 g/mol. The van der Waals surface area contributed by atoms with E-state index >= 15 is 0 Å². The summed E-state index contributed by atoms with van der Waals surface area (Å²) in [6, 6.07) is 7.44. The van der Waals surface area contributed by atoms with Crippen molar-refractivity contribution in [2.45, 2.75) is 18.7 Å². The predicted molar refractivity (Wildman–Crippen MR) is 71.9 cm³/mol. The first-order valence-corrected chi connectivity index (χ1v) is 6.84. The van der Waals surface area contributed by atoms with Crippen molar-refractivity contribution in [3.05, 3.63) is 35.4 Å². The zero-order valence-electron chi connectivity index (χ0n) is 10.3. The molecular formula is C14H18ClNO2. The number of alkyl halides is 1. The Hall–Kier alpha value is -1.06. The summed E-state index contributed by atoms with van der Waals surface area (Å²) in [4.78, 5) is 12.0. The van der Waals surface area contributed by atoms with E-state index in [1.807, 2.05) is 24.3 Å². The van der Waals surface area contributed by atoms with E-state index in [1.54, 1.807) is 0 Å². The van der Waals surface area contributed by atoms with E-state index in [0.717, 1.165) is 38.2 Å².